The van der Waals surface area contributed by atoms with Crippen LogP contribution in [0.1, 0.15) is 22.3 Å². The number of halogens is 1. The second-order valence-corrected chi connectivity index (χ2v) is 9.30. The molecule has 0 aliphatic carbocycles. The summed E-state index contributed by atoms with van der Waals surface area (Å²) in [6.45, 7) is 5.21. The zero-order valence-corrected chi connectivity index (χ0v) is 18.9. The first-order valence-electron chi connectivity index (χ1n) is 9.91. The summed E-state index contributed by atoms with van der Waals surface area (Å²) in [4.78, 5) is 12.7. The van der Waals surface area contributed by atoms with Crippen LogP contribution in [0.3, 0.4) is 0 Å². The minimum atomic E-state index is -4.00. The second kappa shape index (κ2) is 9.74. The Morgan fingerprint density at radius 2 is 1.62 bits per heavy atom. The topological polar surface area (TPSA) is 78.8 Å². The predicted octanol–water partition coefficient (Wildman–Crippen LogP) is 4.10. The first kappa shape index (κ1) is 23.1. The molecule has 0 aliphatic rings. The van der Waals surface area contributed by atoms with Crippen molar-refractivity contribution in [2.75, 3.05) is 10.8 Å². The first-order valence-corrected chi connectivity index (χ1v) is 11.3. The van der Waals surface area contributed by atoms with E-state index in [-0.39, 0.29) is 10.7 Å². The van der Waals surface area contributed by atoms with Crippen molar-refractivity contribution in [3.63, 3.8) is 0 Å². The summed E-state index contributed by atoms with van der Waals surface area (Å²) in [5, 5.41) is 3.85. The van der Waals surface area contributed by atoms with Gasteiger partial charge in [-0.3, -0.25) is 9.10 Å². The normalized spacial score (nSPS) is 11.5. The summed E-state index contributed by atoms with van der Waals surface area (Å²) in [6.07, 6.45) is 1.35. The van der Waals surface area contributed by atoms with E-state index in [2.05, 4.69) is 10.5 Å². The smallest absolute Gasteiger partial charge is 0.264 e. The van der Waals surface area contributed by atoms with Gasteiger partial charge in [0.1, 0.15) is 12.4 Å². The molecule has 0 unspecified atom stereocenters. The van der Waals surface area contributed by atoms with Crippen LogP contribution in [0.25, 0.3) is 0 Å². The molecular formula is C24H24FN3O3S. The number of sulfonamides is 1. The Balaban J connectivity index is 1.86. The van der Waals surface area contributed by atoms with Crippen molar-refractivity contribution >= 4 is 27.8 Å². The van der Waals surface area contributed by atoms with E-state index in [1.807, 2.05) is 26.8 Å². The van der Waals surface area contributed by atoms with Crippen LogP contribution in [0, 0.1) is 26.6 Å². The maximum atomic E-state index is 13.4. The molecule has 0 fully saturated rings. The van der Waals surface area contributed by atoms with Crippen LogP contribution < -0.4 is 9.73 Å². The fourth-order valence-corrected chi connectivity index (χ4v) is 4.34. The fraction of sp³-hybridized carbons (Fsp3) is 0.167. The SMILES string of the molecule is Cc1ccc(S(=O)(=O)N(CC(=O)N/N=C\c2ccc(F)cc2)c2ccc(C)c(C)c2)cc1. The maximum Gasteiger partial charge on any atom is 0.264 e. The molecule has 3 rings (SSSR count). The third-order valence-corrected chi connectivity index (χ3v) is 6.74. The lowest BCUT2D eigenvalue weighted by Crippen LogP contribution is -2.39. The van der Waals surface area contributed by atoms with Gasteiger partial charge >= 0.3 is 0 Å². The molecule has 0 saturated carbocycles. The predicted molar refractivity (Wildman–Crippen MR) is 124 cm³/mol. The highest BCUT2D eigenvalue weighted by molar-refractivity contribution is 7.92. The number of aryl methyl sites for hydroxylation is 3. The molecule has 0 radical (unpaired) electrons. The molecule has 0 aliphatic heterocycles. The summed E-state index contributed by atoms with van der Waals surface area (Å²) in [7, 11) is -4.00. The van der Waals surface area contributed by atoms with Gasteiger partial charge in [0.25, 0.3) is 15.9 Å². The molecule has 8 heteroatoms. The van der Waals surface area contributed by atoms with Gasteiger partial charge in [0, 0.05) is 0 Å². The Hall–Kier alpha value is -3.52. The number of nitrogens with one attached hydrogen (secondary N) is 1. The number of amides is 1. The van der Waals surface area contributed by atoms with Gasteiger partial charge in [-0.05, 0) is 73.9 Å². The zero-order chi connectivity index (χ0) is 23.3. The maximum absolute atomic E-state index is 13.4. The summed E-state index contributed by atoms with van der Waals surface area (Å²) in [5.41, 5.74) is 6.14. The van der Waals surface area contributed by atoms with Gasteiger partial charge in [-0.2, -0.15) is 5.10 Å². The number of hydrazone groups is 1. The van der Waals surface area contributed by atoms with Gasteiger partial charge in [0.2, 0.25) is 0 Å². The third-order valence-electron chi connectivity index (χ3n) is 4.95. The summed E-state index contributed by atoms with van der Waals surface area (Å²) in [6, 6.07) is 17.2. The molecule has 1 amide bonds. The first-order chi connectivity index (χ1) is 15.2. The molecule has 0 atom stereocenters. The average Bonchev–Trinajstić information content (AvgIpc) is 2.76. The van der Waals surface area contributed by atoms with E-state index < -0.39 is 22.5 Å². The number of anilines is 1. The van der Waals surface area contributed by atoms with Crippen molar-refractivity contribution in [2.24, 2.45) is 5.10 Å². The molecule has 0 heterocycles. The summed E-state index contributed by atoms with van der Waals surface area (Å²) < 4.78 is 40.8. The molecule has 32 heavy (non-hydrogen) atoms. The highest BCUT2D eigenvalue weighted by Gasteiger charge is 2.27. The van der Waals surface area contributed by atoms with Crippen LogP contribution >= 0.6 is 0 Å². The van der Waals surface area contributed by atoms with Gasteiger partial charge in [-0.1, -0.05) is 35.9 Å². The van der Waals surface area contributed by atoms with E-state index in [1.54, 1.807) is 24.3 Å². The van der Waals surface area contributed by atoms with Crippen LogP contribution in [-0.2, 0) is 14.8 Å². The summed E-state index contributed by atoms with van der Waals surface area (Å²) >= 11 is 0. The van der Waals surface area contributed by atoms with E-state index in [0.717, 1.165) is 21.0 Å². The average molecular weight is 454 g/mol. The molecule has 3 aromatic carbocycles. The highest BCUT2D eigenvalue weighted by Crippen LogP contribution is 2.26. The molecular weight excluding hydrogens is 429 g/mol. The number of hydrogen-bond acceptors (Lipinski definition) is 4. The van der Waals surface area contributed by atoms with Crippen molar-refractivity contribution in [3.8, 4) is 0 Å². The van der Waals surface area contributed by atoms with Crippen LogP contribution in [0.2, 0.25) is 0 Å². The van der Waals surface area contributed by atoms with E-state index >= 15 is 0 Å². The number of hydrogen-bond donors (Lipinski definition) is 1. The van der Waals surface area contributed by atoms with Crippen molar-refractivity contribution in [2.45, 2.75) is 25.7 Å². The molecule has 0 spiro atoms. The Morgan fingerprint density at radius 1 is 0.969 bits per heavy atom. The van der Waals surface area contributed by atoms with Crippen LogP contribution in [-0.4, -0.2) is 27.1 Å². The fourth-order valence-electron chi connectivity index (χ4n) is 2.93. The highest BCUT2D eigenvalue weighted by atomic mass is 32.2. The third kappa shape index (κ3) is 5.59. The van der Waals surface area contributed by atoms with Crippen molar-refractivity contribution in [3.05, 3.63) is 94.8 Å². The van der Waals surface area contributed by atoms with Crippen LogP contribution in [0.5, 0.6) is 0 Å². The number of rotatable bonds is 7. The monoisotopic (exact) mass is 453 g/mol. The number of benzene rings is 3. The standard InChI is InChI=1S/C24H24FN3O3S/c1-17-4-12-23(13-5-17)32(30,31)28(22-11-6-18(2)19(3)14-22)16-24(29)27-26-15-20-7-9-21(25)10-8-20/h4-15H,16H2,1-3H3,(H,27,29)/b26-15-. The van der Waals surface area contributed by atoms with E-state index in [4.69, 9.17) is 0 Å². The van der Waals surface area contributed by atoms with Gasteiger partial charge < -0.3 is 0 Å². The minimum Gasteiger partial charge on any atom is -0.271 e. The van der Waals surface area contributed by atoms with E-state index in [1.165, 1.54) is 42.6 Å². The van der Waals surface area contributed by atoms with Crippen LogP contribution in [0.15, 0.2) is 76.7 Å². The largest absolute Gasteiger partial charge is 0.271 e. The van der Waals surface area contributed by atoms with Gasteiger partial charge in [-0.15, -0.1) is 0 Å². The van der Waals surface area contributed by atoms with Crippen molar-refractivity contribution < 1.29 is 17.6 Å². The van der Waals surface area contributed by atoms with Crippen molar-refractivity contribution in [1.82, 2.24) is 5.43 Å². The number of carbonyl (C=O) groups excluding carboxylic acids is 1. The Labute approximate surface area is 187 Å². The molecule has 0 bridgehead atoms. The Kier molecular flexibility index (Phi) is 7.05. The van der Waals surface area contributed by atoms with Gasteiger partial charge in [-0.25, -0.2) is 18.2 Å². The Morgan fingerprint density at radius 3 is 2.25 bits per heavy atom. The van der Waals surface area contributed by atoms with Gasteiger partial charge in [0.05, 0.1) is 16.8 Å². The van der Waals surface area contributed by atoms with E-state index in [0.29, 0.717) is 11.3 Å². The molecule has 3 aromatic rings. The lowest BCUT2D eigenvalue weighted by atomic mass is 10.1. The molecule has 0 saturated heterocycles. The summed E-state index contributed by atoms with van der Waals surface area (Å²) in [5.74, 6) is -0.992. The lowest BCUT2D eigenvalue weighted by Gasteiger charge is -2.24. The Bertz CT molecular complexity index is 1240. The number of carbonyl (C=O) groups is 1. The lowest BCUT2D eigenvalue weighted by molar-refractivity contribution is -0.119. The van der Waals surface area contributed by atoms with E-state index in [9.17, 15) is 17.6 Å². The second-order valence-electron chi connectivity index (χ2n) is 7.44. The molecule has 1 N–H and O–H groups in total. The van der Waals surface area contributed by atoms with Gasteiger partial charge in [0.15, 0.2) is 0 Å². The molecule has 166 valence electrons. The quantitative estimate of drug-likeness (QED) is 0.432. The minimum absolute atomic E-state index is 0.0870. The molecule has 0 aromatic heterocycles. The van der Waals surface area contributed by atoms with Crippen molar-refractivity contribution in [1.29, 1.82) is 0 Å². The van der Waals surface area contributed by atoms with Crippen LogP contribution in [0.4, 0.5) is 10.1 Å². The molecule has 6 nitrogen and oxygen atoms in total. The number of nitrogens with zero attached hydrogens (tertiary/aromatic N) is 2. The zero-order valence-electron chi connectivity index (χ0n) is 18.0.